The molecule has 0 amide bonds. The van der Waals surface area contributed by atoms with E-state index in [1.54, 1.807) is 23.1 Å². The Bertz CT molecular complexity index is 1020. The van der Waals surface area contributed by atoms with Crippen molar-refractivity contribution in [3.63, 3.8) is 0 Å². The van der Waals surface area contributed by atoms with Gasteiger partial charge in [0.25, 0.3) is 0 Å². The van der Waals surface area contributed by atoms with Gasteiger partial charge in [-0.3, -0.25) is 4.57 Å². The molecule has 0 saturated heterocycles. The van der Waals surface area contributed by atoms with Crippen molar-refractivity contribution in [2.45, 2.75) is 17.5 Å². The largest absolute Gasteiger partial charge is 0.298 e. The third-order valence-electron chi connectivity index (χ3n) is 3.79. The summed E-state index contributed by atoms with van der Waals surface area (Å²) in [5, 5.41) is 11.4. The molecule has 0 fully saturated rings. The zero-order valence-corrected chi connectivity index (χ0v) is 16.2. The van der Waals surface area contributed by atoms with Crippen LogP contribution in [0.4, 0.5) is 0 Å². The van der Waals surface area contributed by atoms with E-state index >= 15 is 0 Å². The van der Waals surface area contributed by atoms with Gasteiger partial charge in [-0.15, -0.1) is 28.1 Å². The number of thiazole rings is 1. The number of hydrogen-bond donors (Lipinski definition) is 0. The van der Waals surface area contributed by atoms with E-state index in [2.05, 4.69) is 32.4 Å². The second-order valence-electron chi connectivity index (χ2n) is 5.58. The zero-order valence-electron chi connectivity index (χ0n) is 13.8. The van der Waals surface area contributed by atoms with Gasteiger partial charge in [0.1, 0.15) is 5.01 Å². The van der Waals surface area contributed by atoms with Crippen molar-refractivity contribution >= 4 is 44.9 Å². The third-order valence-corrected chi connectivity index (χ3v) is 6.24. The fourth-order valence-electron chi connectivity index (χ4n) is 2.61. The molecule has 0 bridgehead atoms. The van der Waals surface area contributed by atoms with Gasteiger partial charge in [0.15, 0.2) is 11.0 Å². The molecule has 0 spiro atoms. The number of para-hydroxylation sites is 1. The van der Waals surface area contributed by atoms with Gasteiger partial charge in [-0.2, -0.15) is 0 Å². The smallest absolute Gasteiger partial charge is 0.192 e. The Hall–Kier alpha value is -2.15. The van der Waals surface area contributed by atoms with Gasteiger partial charge < -0.3 is 0 Å². The molecule has 2 aromatic carbocycles. The second-order valence-corrected chi connectivity index (χ2v) is 8.07. The van der Waals surface area contributed by atoms with Crippen molar-refractivity contribution in [3.8, 4) is 11.4 Å². The minimum atomic E-state index is 0.646. The number of rotatable bonds is 6. The molecule has 2 aromatic heterocycles. The van der Waals surface area contributed by atoms with Gasteiger partial charge in [-0.05, 0) is 36.4 Å². The Balaban J connectivity index is 1.59. The van der Waals surface area contributed by atoms with Crippen molar-refractivity contribution in [3.05, 3.63) is 71.2 Å². The number of nitrogens with zero attached hydrogens (tertiary/aromatic N) is 4. The predicted molar refractivity (Wildman–Crippen MR) is 110 cm³/mol. The van der Waals surface area contributed by atoms with Crippen LogP contribution in [0.15, 0.2) is 66.3 Å². The molecule has 4 nitrogen and oxygen atoms in total. The minimum absolute atomic E-state index is 0.646. The van der Waals surface area contributed by atoms with Crippen LogP contribution in [0.2, 0.25) is 5.02 Å². The summed E-state index contributed by atoms with van der Waals surface area (Å²) in [7, 11) is 0. The molecular formula is C19H15ClN4S2. The molecule has 0 aliphatic heterocycles. The number of hydrogen-bond acceptors (Lipinski definition) is 5. The normalized spacial score (nSPS) is 11.1. The number of halogens is 1. The van der Waals surface area contributed by atoms with Gasteiger partial charge in [-0.25, -0.2) is 4.98 Å². The van der Waals surface area contributed by atoms with Crippen LogP contribution in [0.25, 0.3) is 21.6 Å². The van der Waals surface area contributed by atoms with Crippen molar-refractivity contribution in [1.29, 1.82) is 0 Å². The van der Waals surface area contributed by atoms with Crippen molar-refractivity contribution in [2.24, 2.45) is 0 Å². The van der Waals surface area contributed by atoms with E-state index in [1.165, 1.54) is 4.70 Å². The summed E-state index contributed by atoms with van der Waals surface area (Å²) >= 11 is 9.34. The maximum absolute atomic E-state index is 5.99. The molecule has 0 aliphatic rings. The maximum atomic E-state index is 5.99. The van der Waals surface area contributed by atoms with Crippen LogP contribution in [-0.2, 0) is 12.3 Å². The third kappa shape index (κ3) is 3.53. The van der Waals surface area contributed by atoms with Crippen LogP contribution in [0.3, 0.4) is 0 Å². The highest BCUT2D eigenvalue weighted by atomic mass is 35.5. The van der Waals surface area contributed by atoms with Gasteiger partial charge in [0.05, 0.1) is 16.0 Å². The number of fused-ring (bicyclic) bond motifs is 1. The fourth-order valence-corrected chi connectivity index (χ4v) is 4.64. The van der Waals surface area contributed by atoms with Crippen LogP contribution in [0.1, 0.15) is 5.01 Å². The van der Waals surface area contributed by atoms with Crippen LogP contribution < -0.4 is 0 Å². The molecule has 0 radical (unpaired) electrons. The summed E-state index contributed by atoms with van der Waals surface area (Å²) < 4.78 is 3.27. The standard InChI is InChI=1S/C19H15ClN4S2/c1-2-11-24-18(13-7-9-14(20)10-8-13)22-23-19(24)25-12-17-21-15-5-3-4-6-16(15)26-17/h2-10H,1,11-12H2. The summed E-state index contributed by atoms with van der Waals surface area (Å²) in [6.45, 7) is 4.50. The number of allylic oxidation sites excluding steroid dienone is 1. The van der Waals surface area contributed by atoms with E-state index < -0.39 is 0 Å². The molecule has 4 rings (SSSR count). The first-order valence-corrected chi connectivity index (χ1v) is 10.2. The molecule has 2 heterocycles. The molecule has 4 aromatic rings. The van der Waals surface area contributed by atoms with E-state index in [4.69, 9.17) is 11.6 Å². The van der Waals surface area contributed by atoms with E-state index in [1.807, 2.05) is 48.5 Å². The Morgan fingerprint density at radius 2 is 1.92 bits per heavy atom. The summed E-state index contributed by atoms with van der Waals surface area (Å²) in [6.07, 6.45) is 1.85. The van der Waals surface area contributed by atoms with Crippen LogP contribution in [0.5, 0.6) is 0 Å². The number of benzene rings is 2. The highest BCUT2D eigenvalue weighted by molar-refractivity contribution is 7.98. The summed E-state index contributed by atoms with van der Waals surface area (Å²) in [5.74, 6) is 1.57. The molecule has 0 N–H and O–H groups in total. The second kappa shape index (κ2) is 7.61. The van der Waals surface area contributed by atoms with E-state index in [-0.39, 0.29) is 0 Å². The molecule has 7 heteroatoms. The van der Waals surface area contributed by atoms with Gasteiger partial charge >= 0.3 is 0 Å². The fraction of sp³-hybridized carbons (Fsp3) is 0.105. The lowest BCUT2D eigenvalue weighted by Gasteiger charge is -2.07. The Labute approximate surface area is 164 Å². The van der Waals surface area contributed by atoms with Crippen LogP contribution in [0, 0.1) is 0 Å². The topological polar surface area (TPSA) is 43.6 Å². The maximum Gasteiger partial charge on any atom is 0.192 e. The molecule has 0 atom stereocenters. The van der Waals surface area contributed by atoms with Crippen LogP contribution in [-0.4, -0.2) is 19.7 Å². The van der Waals surface area contributed by atoms with Crippen molar-refractivity contribution < 1.29 is 0 Å². The Morgan fingerprint density at radius 1 is 1.12 bits per heavy atom. The quantitative estimate of drug-likeness (QED) is 0.309. The van der Waals surface area contributed by atoms with Crippen molar-refractivity contribution in [2.75, 3.05) is 0 Å². The summed E-state index contributed by atoms with van der Waals surface area (Å²) in [6, 6.07) is 15.8. The van der Waals surface area contributed by atoms with E-state index in [0.717, 1.165) is 32.8 Å². The lowest BCUT2D eigenvalue weighted by molar-refractivity contribution is 0.731. The predicted octanol–water partition coefficient (Wildman–Crippen LogP) is 5.69. The summed E-state index contributed by atoms with van der Waals surface area (Å²) in [5.41, 5.74) is 2.03. The van der Waals surface area contributed by atoms with Gasteiger partial charge in [-0.1, -0.05) is 41.6 Å². The number of thioether (sulfide) groups is 1. The average Bonchev–Trinajstić information content (AvgIpc) is 3.25. The summed E-state index contributed by atoms with van der Waals surface area (Å²) in [4.78, 5) is 4.68. The van der Waals surface area contributed by atoms with E-state index in [0.29, 0.717) is 11.6 Å². The first kappa shape index (κ1) is 17.3. The van der Waals surface area contributed by atoms with Crippen LogP contribution >= 0.6 is 34.7 Å². The molecule has 130 valence electrons. The highest BCUT2D eigenvalue weighted by Crippen LogP contribution is 2.30. The monoisotopic (exact) mass is 398 g/mol. The lowest BCUT2D eigenvalue weighted by Crippen LogP contribution is -2.00. The van der Waals surface area contributed by atoms with E-state index in [9.17, 15) is 0 Å². The van der Waals surface area contributed by atoms with Crippen molar-refractivity contribution in [1.82, 2.24) is 19.7 Å². The first-order chi connectivity index (χ1) is 12.7. The zero-order chi connectivity index (χ0) is 17.9. The molecular weight excluding hydrogens is 384 g/mol. The SMILES string of the molecule is C=CCn1c(SCc2nc3ccccc3s2)nnc1-c1ccc(Cl)cc1. The minimum Gasteiger partial charge on any atom is -0.298 e. The molecule has 0 unspecified atom stereocenters. The molecule has 0 saturated carbocycles. The average molecular weight is 399 g/mol. The Kier molecular flexibility index (Phi) is 5.06. The number of aromatic nitrogens is 4. The van der Waals surface area contributed by atoms with Gasteiger partial charge in [0, 0.05) is 17.1 Å². The Morgan fingerprint density at radius 3 is 2.69 bits per heavy atom. The van der Waals surface area contributed by atoms with Gasteiger partial charge in [0.2, 0.25) is 0 Å². The molecule has 26 heavy (non-hydrogen) atoms. The lowest BCUT2D eigenvalue weighted by atomic mass is 10.2. The first-order valence-electron chi connectivity index (χ1n) is 8.02. The molecule has 0 aliphatic carbocycles. The highest BCUT2D eigenvalue weighted by Gasteiger charge is 2.14.